The summed E-state index contributed by atoms with van der Waals surface area (Å²) in [5.41, 5.74) is 8.47. The second kappa shape index (κ2) is 13.2. The Morgan fingerprint density at radius 2 is 1.20 bits per heavy atom. The van der Waals surface area contributed by atoms with E-state index in [4.69, 9.17) is 28.9 Å². The maximum absolute atomic E-state index is 9.37. The highest BCUT2D eigenvalue weighted by Gasteiger charge is 2.12. The zero-order valence-electron chi connectivity index (χ0n) is 23.4. The first-order valence-corrected chi connectivity index (χ1v) is 15.5. The molecule has 0 amide bonds. The third-order valence-corrected chi connectivity index (χ3v) is 8.25. The Morgan fingerprint density at radius 3 is 1.74 bits per heavy atom. The SMILES string of the molecule is CB(O)Nc1cn2nc(Sc3nnc4ccc(Cl)cn34)ccc2n1.Cl.Nc1cn2nc(Sc3nnc4ccc(Cl)cn34)ccc2n1. The quantitative estimate of drug-likeness (QED) is 0.203. The van der Waals surface area contributed by atoms with Gasteiger partial charge < -0.3 is 16.0 Å². The molecule has 0 bridgehead atoms. The van der Waals surface area contributed by atoms with Crippen LogP contribution in [0, 0.1) is 0 Å². The highest BCUT2D eigenvalue weighted by molar-refractivity contribution is 7.99. The number of halogens is 3. The molecule has 8 aromatic rings. The second-order valence-electron chi connectivity index (χ2n) is 9.38. The highest BCUT2D eigenvalue weighted by atomic mass is 35.5. The molecule has 8 heterocycles. The summed E-state index contributed by atoms with van der Waals surface area (Å²) in [6.45, 7) is 1.63. The van der Waals surface area contributed by atoms with Gasteiger partial charge in [-0.15, -0.1) is 32.8 Å². The maximum Gasteiger partial charge on any atom is 0.408 e. The molecule has 0 aliphatic heterocycles. The number of hydrogen-bond acceptors (Lipinski definition) is 13. The normalized spacial score (nSPS) is 11.1. The van der Waals surface area contributed by atoms with Crippen LogP contribution in [0.5, 0.6) is 0 Å². The van der Waals surface area contributed by atoms with E-state index in [1.54, 1.807) is 58.8 Å². The third kappa shape index (κ3) is 6.76. The van der Waals surface area contributed by atoms with Gasteiger partial charge in [-0.25, -0.2) is 19.0 Å². The molecule has 8 rings (SSSR count). The molecule has 15 nitrogen and oxygen atoms in total. The third-order valence-electron chi connectivity index (χ3n) is 6.03. The summed E-state index contributed by atoms with van der Waals surface area (Å²) in [4.78, 5) is 8.45. The van der Waals surface area contributed by atoms with Gasteiger partial charge in [-0.3, -0.25) is 8.80 Å². The van der Waals surface area contributed by atoms with Crippen LogP contribution in [-0.2, 0) is 0 Å². The first-order chi connectivity index (χ1) is 21.8. The van der Waals surface area contributed by atoms with E-state index < -0.39 is 7.05 Å². The first kappa shape index (κ1) is 31.6. The van der Waals surface area contributed by atoms with E-state index in [1.807, 2.05) is 39.1 Å². The Hall–Kier alpha value is -4.33. The van der Waals surface area contributed by atoms with Gasteiger partial charge in [0.1, 0.15) is 21.7 Å². The molecule has 8 aromatic heterocycles. The average molecular weight is 714 g/mol. The molecule has 0 spiro atoms. The van der Waals surface area contributed by atoms with E-state index in [0.717, 1.165) is 15.7 Å². The van der Waals surface area contributed by atoms with E-state index in [2.05, 4.69) is 45.8 Å². The van der Waals surface area contributed by atoms with Gasteiger partial charge in [0.05, 0.1) is 22.4 Å². The summed E-state index contributed by atoms with van der Waals surface area (Å²) in [6.07, 6.45) is 6.91. The number of rotatable bonds is 6. The second-order valence-corrected chi connectivity index (χ2v) is 12.2. The Kier molecular flexibility index (Phi) is 9.07. The molecule has 0 aliphatic carbocycles. The lowest BCUT2D eigenvalue weighted by atomic mass is 9.89. The standard InChI is InChI=1S/C13H11BClN7OS.C12H8ClN7S.ClH/c1-14(23)17-9-7-22-10(16-9)4-5-12(20-22)24-13-19-18-11-3-2-8(15)6-21(11)13;13-7-1-2-10-16-17-12(19(10)5-7)21-11-4-3-9-15-8(14)6-20(9)18-11;/h2-7,17,23H,1H3;1-6H,14H2;1H. The van der Waals surface area contributed by atoms with Crippen LogP contribution in [0.4, 0.5) is 11.6 Å². The van der Waals surface area contributed by atoms with Crippen molar-refractivity contribution < 1.29 is 5.02 Å². The minimum Gasteiger partial charge on any atom is -0.433 e. The predicted octanol–water partition coefficient (Wildman–Crippen LogP) is 4.68. The number of imidazole rings is 2. The highest BCUT2D eigenvalue weighted by Crippen LogP contribution is 2.27. The summed E-state index contributed by atoms with van der Waals surface area (Å²) in [6, 6.07) is 14.6. The van der Waals surface area contributed by atoms with Crippen molar-refractivity contribution in [1.29, 1.82) is 0 Å². The molecule has 21 heteroatoms. The molecule has 0 fully saturated rings. The Bertz CT molecular complexity index is 2320. The first-order valence-electron chi connectivity index (χ1n) is 13.1. The smallest absolute Gasteiger partial charge is 0.408 e. The Morgan fingerprint density at radius 1 is 0.696 bits per heavy atom. The molecule has 4 N–H and O–H groups in total. The van der Waals surface area contributed by atoms with Crippen molar-refractivity contribution >= 4 is 100 Å². The van der Waals surface area contributed by atoms with E-state index in [1.165, 1.54) is 23.5 Å². The zero-order valence-corrected chi connectivity index (χ0v) is 27.3. The number of nitrogen functional groups attached to an aromatic ring is 1. The van der Waals surface area contributed by atoms with Crippen molar-refractivity contribution in [3.63, 3.8) is 0 Å². The minimum absolute atomic E-state index is 0. The van der Waals surface area contributed by atoms with Crippen LogP contribution in [0.25, 0.3) is 22.6 Å². The van der Waals surface area contributed by atoms with Crippen molar-refractivity contribution in [1.82, 2.24) is 58.4 Å². The fourth-order valence-corrected chi connectivity index (χ4v) is 6.03. The summed E-state index contributed by atoms with van der Waals surface area (Å²) in [5, 5.41) is 41.7. The van der Waals surface area contributed by atoms with Crippen LogP contribution < -0.4 is 11.0 Å². The van der Waals surface area contributed by atoms with E-state index >= 15 is 0 Å². The number of anilines is 2. The van der Waals surface area contributed by atoms with Crippen LogP contribution >= 0.6 is 59.1 Å². The van der Waals surface area contributed by atoms with Crippen molar-refractivity contribution in [2.45, 2.75) is 27.2 Å². The van der Waals surface area contributed by atoms with Gasteiger partial charge in [0, 0.05) is 12.4 Å². The van der Waals surface area contributed by atoms with Gasteiger partial charge in [0.25, 0.3) is 0 Å². The number of fused-ring (bicyclic) bond motifs is 4. The minimum atomic E-state index is -0.684. The molecule has 0 aliphatic rings. The van der Waals surface area contributed by atoms with Crippen molar-refractivity contribution in [3.05, 3.63) is 83.4 Å². The van der Waals surface area contributed by atoms with Gasteiger partial charge >= 0.3 is 7.05 Å². The maximum atomic E-state index is 9.37. The van der Waals surface area contributed by atoms with E-state index in [0.29, 0.717) is 48.9 Å². The van der Waals surface area contributed by atoms with Crippen LogP contribution in [0.3, 0.4) is 0 Å². The van der Waals surface area contributed by atoms with Crippen LogP contribution in [0.2, 0.25) is 16.9 Å². The fraction of sp³-hybridized carbons (Fsp3) is 0.0400. The van der Waals surface area contributed by atoms with Gasteiger partial charge in [-0.05, 0) is 78.9 Å². The molecule has 0 radical (unpaired) electrons. The molecule has 0 saturated heterocycles. The lowest BCUT2D eigenvalue weighted by molar-refractivity contribution is 0.586. The largest absolute Gasteiger partial charge is 0.433 e. The van der Waals surface area contributed by atoms with Crippen LogP contribution in [0.1, 0.15) is 0 Å². The van der Waals surface area contributed by atoms with Crippen LogP contribution in [-0.4, -0.2) is 70.5 Å². The lowest BCUT2D eigenvalue weighted by Crippen LogP contribution is -2.19. The fourth-order valence-electron chi connectivity index (χ4n) is 4.15. The van der Waals surface area contributed by atoms with Crippen molar-refractivity contribution in [2.24, 2.45) is 0 Å². The molecule has 0 aromatic carbocycles. The summed E-state index contributed by atoms with van der Waals surface area (Å²) < 4.78 is 6.91. The summed E-state index contributed by atoms with van der Waals surface area (Å²) in [5.74, 6) is 0.990. The summed E-state index contributed by atoms with van der Waals surface area (Å²) in [7, 11) is -0.684. The van der Waals surface area contributed by atoms with Gasteiger partial charge in [0.2, 0.25) is 10.3 Å². The predicted molar refractivity (Wildman–Crippen MR) is 179 cm³/mol. The number of nitrogens with zero attached hydrogens (tertiary/aromatic N) is 12. The number of hydrogen-bond donors (Lipinski definition) is 3. The number of nitrogens with one attached hydrogen (secondary N) is 1. The molecular weight excluding hydrogens is 694 g/mol. The molecule has 0 saturated carbocycles. The molecule has 232 valence electrons. The van der Waals surface area contributed by atoms with Crippen molar-refractivity contribution in [2.75, 3.05) is 11.0 Å². The van der Waals surface area contributed by atoms with Crippen molar-refractivity contribution in [3.8, 4) is 0 Å². The van der Waals surface area contributed by atoms with E-state index in [9.17, 15) is 5.02 Å². The molecule has 0 atom stereocenters. The zero-order chi connectivity index (χ0) is 31.1. The monoisotopic (exact) mass is 712 g/mol. The van der Waals surface area contributed by atoms with E-state index in [-0.39, 0.29) is 12.4 Å². The number of nitrogens with two attached hydrogens (primary N) is 1. The van der Waals surface area contributed by atoms with Gasteiger partial charge in [-0.2, -0.15) is 10.2 Å². The summed E-state index contributed by atoms with van der Waals surface area (Å²) >= 11 is 14.8. The number of aromatic nitrogens is 12. The lowest BCUT2D eigenvalue weighted by Gasteiger charge is -2.00. The van der Waals surface area contributed by atoms with Gasteiger partial charge in [-0.1, -0.05) is 23.2 Å². The molecule has 46 heavy (non-hydrogen) atoms. The Labute approximate surface area is 284 Å². The topological polar surface area (TPSA) is 179 Å². The van der Waals surface area contributed by atoms with Gasteiger partial charge in [0.15, 0.2) is 22.6 Å². The van der Waals surface area contributed by atoms with Crippen LogP contribution in [0.15, 0.2) is 93.7 Å². The average Bonchev–Trinajstić information content (AvgIpc) is 3.78. The number of pyridine rings is 2. The molecular formula is C25H20BCl3N14OS2. The Balaban J connectivity index is 0.000000159. The molecule has 0 unspecified atom stereocenters.